The van der Waals surface area contributed by atoms with Gasteiger partial charge in [0, 0.05) is 18.7 Å². The van der Waals surface area contributed by atoms with E-state index in [1.807, 2.05) is 23.1 Å². The zero-order chi connectivity index (χ0) is 17.6. The number of nitrogens with zero attached hydrogens (tertiary/aromatic N) is 1. The molecule has 0 spiro atoms. The van der Waals surface area contributed by atoms with Gasteiger partial charge in [-0.1, -0.05) is 25.1 Å². The number of hydrogen-bond acceptors (Lipinski definition) is 3. The lowest BCUT2D eigenvalue weighted by Crippen LogP contribution is -2.43. The maximum absolute atomic E-state index is 12.6. The SMILES string of the molecule is CC(CC(=O)NCC(=O)N1CCCc2ccccc21)C1CCNCC1. The highest BCUT2D eigenvalue weighted by Crippen LogP contribution is 2.27. The average Bonchev–Trinajstić information content (AvgIpc) is 2.66. The van der Waals surface area contributed by atoms with E-state index in [0.717, 1.165) is 51.0 Å². The Morgan fingerprint density at radius 3 is 2.84 bits per heavy atom. The maximum Gasteiger partial charge on any atom is 0.246 e. The lowest BCUT2D eigenvalue weighted by Gasteiger charge is -2.30. The van der Waals surface area contributed by atoms with Crippen LogP contribution in [0.2, 0.25) is 0 Å². The van der Waals surface area contributed by atoms with Gasteiger partial charge < -0.3 is 15.5 Å². The molecule has 2 amide bonds. The molecule has 1 atom stereocenters. The van der Waals surface area contributed by atoms with Gasteiger partial charge in [0.1, 0.15) is 0 Å². The summed E-state index contributed by atoms with van der Waals surface area (Å²) in [5, 5.41) is 6.19. The molecular weight excluding hydrogens is 314 g/mol. The Balaban J connectivity index is 1.48. The lowest BCUT2D eigenvalue weighted by molar-refractivity contribution is -0.125. The van der Waals surface area contributed by atoms with E-state index in [-0.39, 0.29) is 18.4 Å². The van der Waals surface area contributed by atoms with Crippen LogP contribution in [0.15, 0.2) is 24.3 Å². The lowest BCUT2D eigenvalue weighted by atomic mass is 9.84. The minimum absolute atomic E-state index is 0.00956. The molecule has 5 nitrogen and oxygen atoms in total. The van der Waals surface area contributed by atoms with Gasteiger partial charge in [-0.25, -0.2) is 0 Å². The summed E-state index contributed by atoms with van der Waals surface area (Å²) in [7, 11) is 0. The number of carbonyl (C=O) groups is 2. The molecule has 2 N–H and O–H groups in total. The summed E-state index contributed by atoms with van der Waals surface area (Å²) in [6.45, 7) is 5.06. The van der Waals surface area contributed by atoms with Crippen LogP contribution in [0.1, 0.15) is 38.2 Å². The van der Waals surface area contributed by atoms with Crippen molar-refractivity contribution < 1.29 is 9.59 Å². The summed E-state index contributed by atoms with van der Waals surface area (Å²) >= 11 is 0. The molecule has 1 unspecified atom stereocenters. The number of aryl methyl sites for hydroxylation is 1. The van der Waals surface area contributed by atoms with Gasteiger partial charge in [-0.15, -0.1) is 0 Å². The highest BCUT2D eigenvalue weighted by Gasteiger charge is 2.24. The van der Waals surface area contributed by atoms with Crippen molar-refractivity contribution in [3.63, 3.8) is 0 Å². The minimum atomic E-state index is -0.0185. The van der Waals surface area contributed by atoms with E-state index in [2.05, 4.69) is 23.6 Å². The number of para-hydroxylation sites is 1. The van der Waals surface area contributed by atoms with Crippen molar-refractivity contribution in [2.75, 3.05) is 31.1 Å². The molecule has 1 aromatic carbocycles. The third kappa shape index (κ3) is 4.60. The summed E-state index contributed by atoms with van der Waals surface area (Å²) in [6.07, 6.45) is 4.77. The van der Waals surface area contributed by atoms with E-state index in [4.69, 9.17) is 0 Å². The van der Waals surface area contributed by atoms with Crippen molar-refractivity contribution >= 4 is 17.5 Å². The Labute approximate surface area is 150 Å². The Bertz CT molecular complexity index is 611. The second-order valence-electron chi connectivity index (χ2n) is 7.32. The first-order valence-electron chi connectivity index (χ1n) is 9.51. The summed E-state index contributed by atoms with van der Waals surface area (Å²) in [5.41, 5.74) is 2.21. The number of amides is 2. The van der Waals surface area contributed by atoms with Gasteiger partial charge in [0.2, 0.25) is 11.8 Å². The first-order chi connectivity index (χ1) is 12.1. The van der Waals surface area contributed by atoms with E-state index in [9.17, 15) is 9.59 Å². The van der Waals surface area contributed by atoms with E-state index in [1.165, 1.54) is 5.56 Å². The van der Waals surface area contributed by atoms with E-state index in [0.29, 0.717) is 18.3 Å². The predicted molar refractivity (Wildman–Crippen MR) is 99.5 cm³/mol. The van der Waals surface area contributed by atoms with Crippen LogP contribution < -0.4 is 15.5 Å². The maximum atomic E-state index is 12.6. The van der Waals surface area contributed by atoms with Crippen molar-refractivity contribution in [2.45, 2.75) is 39.0 Å². The first-order valence-corrected chi connectivity index (χ1v) is 9.51. The van der Waals surface area contributed by atoms with Gasteiger partial charge in [-0.05, 0) is 62.2 Å². The molecule has 0 saturated carbocycles. The monoisotopic (exact) mass is 343 g/mol. The molecule has 3 rings (SSSR count). The van der Waals surface area contributed by atoms with E-state index >= 15 is 0 Å². The van der Waals surface area contributed by atoms with Gasteiger partial charge in [0.25, 0.3) is 0 Å². The normalized spacial score (nSPS) is 19.2. The van der Waals surface area contributed by atoms with Gasteiger partial charge in [0.15, 0.2) is 0 Å². The van der Waals surface area contributed by atoms with E-state index < -0.39 is 0 Å². The Morgan fingerprint density at radius 2 is 2.04 bits per heavy atom. The molecule has 2 aliphatic rings. The van der Waals surface area contributed by atoms with Gasteiger partial charge in [-0.2, -0.15) is 0 Å². The van der Waals surface area contributed by atoms with Crippen LogP contribution in [-0.4, -0.2) is 38.0 Å². The number of hydrogen-bond donors (Lipinski definition) is 2. The molecule has 0 radical (unpaired) electrons. The second kappa shape index (κ2) is 8.48. The topological polar surface area (TPSA) is 61.4 Å². The fourth-order valence-electron chi connectivity index (χ4n) is 4.01. The van der Waals surface area contributed by atoms with Crippen LogP contribution in [0.4, 0.5) is 5.69 Å². The zero-order valence-electron chi connectivity index (χ0n) is 15.1. The summed E-state index contributed by atoms with van der Waals surface area (Å²) in [5.74, 6) is 0.948. The fraction of sp³-hybridized carbons (Fsp3) is 0.600. The number of fused-ring (bicyclic) bond motifs is 1. The van der Waals surface area contributed by atoms with Crippen molar-refractivity contribution in [2.24, 2.45) is 11.8 Å². The third-order valence-corrected chi connectivity index (χ3v) is 5.54. The van der Waals surface area contributed by atoms with Crippen molar-refractivity contribution in [3.8, 4) is 0 Å². The quantitative estimate of drug-likeness (QED) is 0.861. The van der Waals surface area contributed by atoms with Crippen LogP contribution in [0.3, 0.4) is 0 Å². The van der Waals surface area contributed by atoms with Crippen molar-refractivity contribution in [1.29, 1.82) is 0 Å². The van der Waals surface area contributed by atoms with Gasteiger partial charge >= 0.3 is 0 Å². The van der Waals surface area contributed by atoms with Crippen molar-refractivity contribution in [3.05, 3.63) is 29.8 Å². The summed E-state index contributed by atoms with van der Waals surface area (Å²) < 4.78 is 0. The first kappa shape index (κ1) is 17.9. The molecule has 1 fully saturated rings. The summed E-state index contributed by atoms with van der Waals surface area (Å²) in [6, 6.07) is 8.04. The highest BCUT2D eigenvalue weighted by atomic mass is 16.2. The molecule has 1 saturated heterocycles. The minimum Gasteiger partial charge on any atom is -0.347 e. The van der Waals surface area contributed by atoms with Gasteiger partial charge in [-0.3, -0.25) is 9.59 Å². The predicted octanol–water partition coefficient (Wildman–Crippen LogP) is 2.11. The Morgan fingerprint density at radius 1 is 1.28 bits per heavy atom. The molecule has 0 aliphatic carbocycles. The molecule has 25 heavy (non-hydrogen) atoms. The molecular formula is C20H29N3O2. The average molecular weight is 343 g/mol. The number of rotatable bonds is 5. The van der Waals surface area contributed by atoms with Gasteiger partial charge in [0.05, 0.1) is 6.54 Å². The largest absolute Gasteiger partial charge is 0.347 e. The molecule has 2 aliphatic heterocycles. The molecule has 5 heteroatoms. The number of carbonyl (C=O) groups excluding carboxylic acids is 2. The smallest absolute Gasteiger partial charge is 0.246 e. The Hall–Kier alpha value is -1.88. The zero-order valence-corrected chi connectivity index (χ0v) is 15.1. The Kier molecular flexibility index (Phi) is 6.08. The summed E-state index contributed by atoms with van der Waals surface area (Å²) in [4.78, 5) is 26.6. The van der Waals surface area contributed by atoms with Crippen LogP contribution >= 0.6 is 0 Å². The molecule has 0 aromatic heterocycles. The second-order valence-corrected chi connectivity index (χ2v) is 7.32. The number of anilines is 1. The number of nitrogens with one attached hydrogen (secondary N) is 2. The standard InChI is InChI=1S/C20H29N3O2/c1-15(16-8-10-21-11-9-16)13-19(24)22-14-20(25)23-12-4-6-17-5-2-3-7-18(17)23/h2-3,5,7,15-16,21H,4,6,8-14H2,1H3,(H,22,24). The third-order valence-electron chi connectivity index (χ3n) is 5.54. The molecule has 0 bridgehead atoms. The molecule has 1 aromatic rings. The van der Waals surface area contributed by atoms with Crippen LogP contribution in [-0.2, 0) is 16.0 Å². The highest BCUT2D eigenvalue weighted by molar-refractivity contribution is 5.97. The number of piperidine rings is 1. The van der Waals surface area contributed by atoms with Crippen LogP contribution in [0, 0.1) is 11.8 Å². The van der Waals surface area contributed by atoms with Crippen LogP contribution in [0.25, 0.3) is 0 Å². The molecule has 2 heterocycles. The number of benzene rings is 1. The fourth-order valence-corrected chi connectivity index (χ4v) is 4.01. The molecule has 136 valence electrons. The van der Waals surface area contributed by atoms with Crippen molar-refractivity contribution in [1.82, 2.24) is 10.6 Å². The van der Waals surface area contributed by atoms with E-state index in [1.54, 1.807) is 0 Å². The van der Waals surface area contributed by atoms with Crippen LogP contribution in [0.5, 0.6) is 0 Å².